The zero-order valence-electron chi connectivity index (χ0n) is 9.92. The molecular formula is C14H14N2O. The van der Waals surface area contributed by atoms with Crippen molar-refractivity contribution in [3.8, 4) is 0 Å². The minimum Gasteiger partial charge on any atom is -0.293 e. The summed E-state index contributed by atoms with van der Waals surface area (Å²) in [5.41, 5.74) is 0.751. The Labute approximate surface area is 101 Å². The monoisotopic (exact) mass is 226 g/mol. The van der Waals surface area contributed by atoms with Crippen LogP contribution in [0.15, 0.2) is 48.9 Å². The number of hydrogen-bond acceptors (Lipinski definition) is 3. The maximum Gasteiger partial charge on any atom is 0.175 e. The van der Waals surface area contributed by atoms with Gasteiger partial charge in [-0.3, -0.25) is 14.8 Å². The fraction of sp³-hybridized carbons (Fsp3) is 0.214. The molecule has 0 aromatic carbocycles. The predicted molar refractivity (Wildman–Crippen MR) is 65.8 cm³/mol. The topological polar surface area (TPSA) is 42.9 Å². The number of Topliss-reactive ketones (excluding diaryl/α,β-unsaturated/α-hetero) is 1. The van der Waals surface area contributed by atoms with Crippen molar-refractivity contribution >= 4 is 5.78 Å². The lowest BCUT2D eigenvalue weighted by atomic mass is 9.81. The number of pyridine rings is 2. The molecule has 0 aliphatic heterocycles. The first-order valence-electron chi connectivity index (χ1n) is 5.49. The molecule has 17 heavy (non-hydrogen) atoms. The standard InChI is InChI=1S/C14H14N2O/c1-14(2,12-7-3-4-9-16-12)13(17)11-6-5-8-15-10-11/h3-10H,1-2H3. The van der Waals surface area contributed by atoms with Gasteiger partial charge in [-0.2, -0.15) is 0 Å². The van der Waals surface area contributed by atoms with Crippen molar-refractivity contribution in [2.24, 2.45) is 0 Å². The van der Waals surface area contributed by atoms with E-state index in [0.717, 1.165) is 5.69 Å². The molecule has 0 amide bonds. The highest BCUT2D eigenvalue weighted by molar-refractivity contribution is 6.03. The molecule has 0 bridgehead atoms. The van der Waals surface area contributed by atoms with Crippen LogP contribution in [-0.4, -0.2) is 15.8 Å². The van der Waals surface area contributed by atoms with E-state index in [0.29, 0.717) is 5.56 Å². The Morgan fingerprint density at radius 3 is 2.53 bits per heavy atom. The van der Waals surface area contributed by atoms with Gasteiger partial charge in [-0.05, 0) is 38.1 Å². The molecule has 0 N–H and O–H groups in total. The summed E-state index contributed by atoms with van der Waals surface area (Å²) in [6, 6.07) is 9.14. The van der Waals surface area contributed by atoms with Crippen LogP contribution < -0.4 is 0 Å². The number of carbonyl (C=O) groups is 1. The van der Waals surface area contributed by atoms with E-state index in [-0.39, 0.29) is 5.78 Å². The smallest absolute Gasteiger partial charge is 0.175 e. The van der Waals surface area contributed by atoms with Gasteiger partial charge in [0.15, 0.2) is 5.78 Å². The summed E-state index contributed by atoms with van der Waals surface area (Å²) >= 11 is 0. The van der Waals surface area contributed by atoms with Gasteiger partial charge in [0, 0.05) is 24.2 Å². The van der Waals surface area contributed by atoms with Gasteiger partial charge in [0.05, 0.1) is 11.1 Å². The van der Waals surface area contributed by atoms with Crippen LogP contribution in [-0.2, 0) is 5.41 Å². The average molecular weight is 226 g/mol. The molecule has 0 unspecified atom stereocenters. The van der Waals surface area contributed by atoms with Gasteiger partial charge in [0.1, 0.15) is 0 Å². The van der Waals surface area contributed by atoms with E-state index in [4.69, 9.17) is 0 Å². The van der Waals surface area contributed by atoms with Crippen molar-refractivity contribution in [3.63, 3.8) is 0 Å². The van der Waals surface area contributed by atoms with E-state index < -0.39 is 5.41 Å². The van der Waals surface area contributed by atoms with E-state index in [1.165, 1.54) is 0 Å². The molecule has 3 heteroatoms. The van der Waals surface area contributed by atoms with Crippen LogP contribution in [0.5, 0.6) is 0 Å². The van der Waals surface area contributed by atoms with Crippen LogP contribution in [0.2, 0.25) is 0 Å². The normalized spacial score (nSPS) is 11.2. The summed E-state index contributed by atoms with van der Waals surface area (Å²) in [6.07, 6.45) is 4.95. The molecule has 2 heterocycles. The van der Waals surface area contributed by atoms with E-state index in [2.05, 4.69) is 9.97 Å². The molecule has 2 rings (SSSR count). The predicted octanol–water partition coefficient (Wildman–Crippen LogP) is 2.64. The van der Waals surface area contributed by atoms with Crippen LogP contribution in [0.4, 0.5) is 0 Å². The lowest BCUT2D eigenvalue weighted by molar-refractivity contribution is 0.0905. The van der Waals surface area contributed by atoms with Crippen LogP contribution in [0.1, 0.15) is 29.9 Å². The molecule has 0 aliphatic rings. The minimum absolute atomic E-state index is 0.0318. The number of ketones is 1. The Morgan fingerprint density at radius 1 is 1.12 bits per heavy atom. The Hall–Kier alpha value is -2.03. The summed E-state index contributed by atoms with van der Waals surface area (Å²) in [6.45, 7) is 3.76. The van der Waals surface area contributed by atoms with Crippen LogP contribution in [0, 0.1) is 0 Å². The second-order valence-corrected chi connectivity index (χ2v) is 4.41. The fourth-order valence-electron chi connectivity index (χ4n) is 1.71. The third kappa shape index (κ3) is 2.23. The fourth-order valence-corrected chi connectivity index (χ4v) is 1.71. The minimum atomic E-state index is -0.635. The highest BCUT2D eigenvalue weighted by atomic mass is 16.1. The van der Waals surface area contributed by atoms with Gasteiger partial charge in [0.25, 0.3) is 0 Å². The Morgan fingerprint density at radius 2 is 1.94 bits per heavy atom. The SMILES string of the molecule is CC(C)(C(=O)c1cccnc1)c1ccccn1. The van der Waals surface area contributed by atoms with E-state index in [1.54, 1.807) is 30.7 Å². The number of nitrogens with zero attached hydrogens (tertiary/aromatic N) is 2. The maximum atomic E-state index is 12.4. The van der Waals surface area contributed by atoms with Crippen LogP contribution in [0.25, 0.3) is 0 Å². The van der Waals surface area contributed by atoms with Gasteiger partial charge >= 0.3 is 0 Å². The molecule has 0 atom stereocenters. The first kappa shape index (κ1) is 11.5. The molecule has 2 aromatic rings. The van der Waals surface area contributed by atoms with Crippen molar-refractivity contribution in [1.82, 2.24) is 9.97 Å². The molecule has 0 radical (unpaired) electrons. The first-order chi connectivity index (χ1) is 8.12. The van der Waals surface area contributed by atoms with Gasteiger partial charge in [-0.1, -0.05) is 6.07 Å². The summed E-state index contributed by atoms with van der Waals surface area (Å²) in [4.78, 5) is 20.6. The Bertz CT molecular complexity index is 506. The molecule has 86 valence electrons. The Balaban J connectivity index is 2.37. The molecule has 0 fully saturated rings. The average Bonchev–Trinajstić information content (AvgIpc) is 2.40. The van der Waals surface area contributed by atoms with E-state index >= 15 is 0 Å². The highest BCUT2D eigenvalue weighted by Gasteiger charge is 2.31. The first-order valence-corrected chi connectivity index (χ1v) is 5.49. The maximum absolute atomic E-state index is 12.4. The number of carbonyl (C=O) groups excluding carboxylic acids is 1. The zero-order chi connectivity index (χ0) is 12.3. The number of hydrogen-bond donors (Lipinski definition) is 0. The van der Waals surface area contributed by atoms with Crippen molar-refractivity contribution in [1.29, 1.82) is 0 Å². The summed E-state index contributed by atoms with van der Waals surface area (Å²) in [5, 5.41) is 0. The summed E-state index contributed by atoms with van der Waals surface area (Å²) in [5.74, 6) is 0.0318. The van der Waals surface area contributed by atoms with Crippen molar-refractivity contribution in [2.45, 2.75) is 19.3 Å². The van der Waals surface area contributed by atoms with Gasteiger partial charge < -0.3 is 0 Å². The second-order valence-electron chi connectivity index (χ2n) is 4.41. The number of rotatable bonds is 3. The zero-order valence-corrected chi connectivity index (χ0v) is 9.92. The van der Waals surface area contributed by atoms with Crippen molar-refractivity contribution in [2.75, 3.05) is 0 Å². The van der Waals surface area contributed by atoms with Crippen molar-refractivity contribution in [3.05, 3.63) is 60.2 Å². The lowest BCUT2D eigenvalue weighted by Gasteiger charge is -2.22. The molecule has 3 nitrogen and oxygen atoms in total. The summed E-state index contributed by atoms with van der Waals surface area (Å²) < 4.78 is 0. The van der Waals surface area contributed by atoms with Crippen molar-refractivity contribution < 1.29 is 4.79 Å². The van der Waals surface area contributed by atoms with Gasteiger partial charge in [-0.25, -0.2) is 0 Å². The van der Waals surface area contributed by atoms with Gasteiger partial charge in [-0.15, -0.1) is 0 Å². The van der Waals surface area contributed by atoms with E-state index in [9.17, 15) is 4.79 Å². The molecular weight excluding hydrogens is 212 g/mol. The Kier molecular flexibility index (Phi) is 3.00. The second kappa shape index (κ2) is 4.45. The van der Waals surface area contributed by atoms with Crippen LogP contribution in [0.3, 0.4) is 0 Å². The molecule has 2 aromatic heterocycles. The molecule has 0 spiro atoms. The number of aromatic nitrogens is 2. The quantitative estimate of drug-likeness (QED) is 0.755. The lowest BCUT2D eigenvalue weighted by Crippen LogP contribution is -2.30. The molecule has 0 aliphatic carbocycles. The highest BCUT2D eigenvalue weighted by Crippen LogP contribution is 2.25. The summed E-state index contributed by atoms with van der Waals surface area (Å²) in [7, 11) is 0. The van der Waals surface area contributed by atoms with Crippen LogP contribution >= 0.6 is 0 Å². The molecule has 0 saturated heterocycles. The third-order valence-electron chi connectivity index (χ3n) is 2.80. The largest absolute Gasteiger partial charge is 0.293 e. The van der Waals surface area contributed by atoms with E-state index in [1.807, 2.05) is 32.0 Å². The molecule has 0 saturated carbocycles. The third-order valence-corrected chi connectivity index (χ3v) is 2.80. The van der Waals surface area contributed by atoms with Gasteiger partial charge in [0.2, 0.25) is 0 Å².